The van der Waals surface area contributed by atoms with Gasteiger partial charge in [0.05, 0.1) is 6.04 Å². The molecule has 0 aromatic carbocycles. The Bertz CT molecular complexity index is 262. The third-order valence-corrected chi connectivity index (χ3v) is 4.65. The highest BCUT2D eigenvalue weighted by molar-refractivity contribution is 5.82. The second-order valence-corrected chi connectivity index (χ2v) is 6.26. The van der Waals surface area contributed by atoms with Gasteiger partial charge in [0, 0.05) is 13.1 Å². The normalized spacial score (nSPS) is 27.3. The van der Waals surface area contributed by atoms with Crippen molar-refractivity contribution in [1.29, 1.82) is 0 Å². The molecule has 2 aliphatic rings. The zero-order valence-electron chi connectivity index (χ0n) is 12.0. The molecule has 1 amide bonds. The van der Waals surface area contributed by atoms with E-state index >= 15 is 0 Å². The molecule has 1 atom stereocenters. The van der Waals surface area contributed by atoms with Crippen LogP contribution in [0.15, 0.2) is 0 Å². The lowest BCUT2D eigenvalue weighted by Crippen LogP contribution is -2.49. The Hall–Kier alpha value is -0.570. The topological polar surface area (TPSA) is 32.3 Å². The summed E-state index contributed by atoms with van der Waals surface area (Å²) in [4.78, 5) is 14.5. The molecule has 0 aromatic rings. The smallest absolute Gasteiger partial charge is 0.239 e. The summed E-state index contributed by atoms with van der Waals surface area (Å²) in [6.45, 7) is 7.56. The molecule has 0 radical (unpaired) electrons. The molecule has 0 aromatic heterocycles. The lowest BCUT2D eigenvalue weighted by Gasteiger charge is -2.35. The maximum atomic E-state index is 12.4. The standard InChI is InChI=1S/C15H28N2O/c1-12(2)13-7-10-17(11-8-13)15(18)14-6-4-3-5-9-16-14/h12-14,16H,3-11H2,1-2H3. The van der Waals surface area contributed by atoms with Gasteiger partial charge in [-0.1, -0.05) is 26.7 Å². The van der Waals surface area contributed by atoms with Crippen LogP contribution >= 0.6 is 0 Å². The van der Waals surface area contributed by atoms with Crippen LogP contribution in [0.3, 0.4) is 0 Å². The Labute approximate surface area is 111 Å². The van der Waals surface area contributed by atoms with Crippen LogP contribution < -0.4 is 5.32 Å². The summed E-state index contributed by atoms with van der Waals surface area (Å²) in [6, 6.07) is 0.100. The molecule has 2 fully saturated rings. The van der Waals surface area contributed by atoms with Crippen LogP contribution in [0.5, 0.6) is 0 Å². The van der Waals surface area contributed by atoms with Crippen LogP contribution in [-0.4, -0.2) is 36.5 Å². The van der Waals surface area contributed by atoms with Crippen LogP contribution in [0.4, 0.5) is 0 Å². The fraction of sp³-hybridized carbons (Fsp3) is 0.933. The number of carbonyl (C=O) groups is 1. The van der Waals surface area contributed by atoms with Gasteiger partial charge in [-0.15, -0.1) is 0 Å². The van der Waals surface area contributed by atoms with Crippen LogP contribution in [0.2, 0.25) is 0 Å². The molecule has 1 unspecified atom stereocenters. The molecule has 104 valence electrons. The van der Waals surface area contributed by atoms with E-state index in [0.717, 1.165) is 37.9 Å². The van der Waals surface area contributed by atoms with Gasteiger partial charge in [-0.2, -0.15) is 0 Å². The van der Waals surface area contributed by atoms with E-state index in [1.54, 1.807) is 0 Å². The Morgan fingerprint density at radius 1 is 1.11 bits per heavy atom. The molecular formula is C15H28N2O. The maximum Gasteiger partial charge on any atom is 0.239 e. The zero-order valence-corrected chi connectivity index (χ0v) is 12.0. The van der Waals surface area contributed by atoms with Crippen molar-refractivity contribution in [1.82, 2.24) is 10.2 Å². The number of likely N-dealkylation sites (tertiary alicyclic amines) is 1. The average molecular weight is 252 g/mol. The van der Waals surface area contributed by atoms with E-state index in [2.05, 4.69) is 24.1 Å². The monoisotopic (exact) mass is 252 g/mol. The number of nitrogens with zero attached hydrogens (tertiary/aromatic N) is 1. The van der Waals surface area contributed by atoms with E-state index in [1.165, 1.54) is 32.1 Å². The second kappa shape index (κ2) is 6.55. The minimum absolute atomic E-state index is 0.100. The number of nitrogens with one attached hydrogen (secondary N) is 1. The molecule has 0 bridgehead atoms. The Balaban J connectivity index is 1.82. The second-order valence-electron chi connectivity index (χ2n) is 6.26. The van der Waals surface area contributed by atoms with Crippen molar-refractivity contribution >= 4 is 5.91 Å². The summed E-state index contributed by atoms with van der Waals surface area (Å²) >= 11 is 0. The predicted molar refractivity (Wildman–Crippen MR) is 74.4 cm³/mol. The lowest BCUT2D eigenvalue weighted by atomic mass is 9.86. The summed E-state index contributed by atoms with van der Waals surface area (Å²) in [5.41, 5.74) is 0. The summed E-state index contributed by atoms with van der Waals surface area (Å²) in [7, 11) is 0. The van der Waals surface area contributed by atoms with Crippen LogP contribution in [0.25, 0.3) is 0 Å². The van der Waals surface area contributed by atoms with Crippen molar-refractivity contribution in [3.8, 4) is 0 Å². The van der Waals surface area contributed by atoms with Crippen molar-refractivity contribution in [2.75, 3.05) is 19.6 Å². The molecule has 2 rings (SSSR count). The van der Waals surface area contributed by atoms with Crippen molar-refractivity contribution in [2.45, 2.75) is 58.4 Å². The van der Waals surface area contributed by atoms with Gasteiger partial charge in [0.15, 0.2) is 0 Å². The number of hydrogen-bond acceptors (Lipinski definition) is 2. The van der Waals surface area contributed by atoms with Crippen molar-refractivity contribution in [3.63, 3.8) is 0 Å². The third-order valence-electron chi connectivity index (χ3n) is 4.65. The predicted octanol–water partition coefficient (Wildman–Crippen LogP) is 2.41. The molecule has 0 spiro atoms. The molecule has 3 nitrogen and oxygen atoms in total. The first-order valence-electron chi connectivity index (χ1n) is 7.70. The molecular weight excluding hydrogens is 224 g/mol. The molecule has 0 saturated carbocycles. The summed E-state index contributed by atoms with van der Waals surface area (Å²) < 4.78 is 0. The molecule has 0 aliphatic carbocycles. The first-order chi connectivity index (χ1) is 8.68. The average Bonchev–Trinajstić information content (AvgIpc) is 2.67. The number of hydrogen-bond donors (Lipinski definition) is 1. The number of piperidine rings is 1. The molecule has 18 heavy (non-hydrogen) atoms. The number of carbonyl (C=O) groups excluding carboxylic acids is 1. The fourth-order valence-electron chi connectivity index (χ4n) is 3.25. The molecule has 1 N–H and O–H groups in total. The minimum atomic E-state index is 0.100. The Morgan fingerprint density at radius 3 is 2.50 bits per heavy atom. The van der Waals surface area contributed by atoms with E-state index in [0.29, 0.717) is 5.91 Å². The molecule has 2 saturated heterocycles. The van der Waals surface area contributed by atoms with E-state index in [4.69, 9.17) is 0 Å². The van der Waals surface area contributed by atoms with Gasteiger partial charge < -0.3 is 10.2 Å². The summed E-state index contributed by atoms with van der Waals surface area (Å²) in [5.74, 6) is 1.94. The van der Waals surface area contributed by atoms with Crippen molar-refractivity contribution < 1.29 is 4.79 Å². The van der Waals surface area contributed by atoms with Crippen molar-refractivity contribution in [2.24, 2.45) is 11.8 Å². The van der Waals surface area contributed by atoms with Crippen LogP contribution in [0, 0.1) is 11.8 Å². The first-order valence-corrected chi connectivity index (χ1v) is 7.70. The van der Waals surface area contributed by atoms with Gasteiger partial charge in [-0.25, -0.2) is 0 Å². The third kappa shape index (κ3) is 3.47. The highest BCUT2D eigenvalue weighted by atomic mass is 16.2. The summed E-state index contributed by atoms with van der Waals surface area (Å²) in [5, 5.41) is 3.42. The van der Waals surface area contributed by atoms with Gasteiger partial charge in [0.2, 0.25) is 5.91 Å². The van der Waals surface area contributed by atoms with E-state index in [-0.39, 0.29) is 6.04 Å². The Kier molecular flexibility index (Phi) is 5.04. The van der Waals surface area contributed by atoms with Crippen molar-refractivity contribution in [3.05, 3.63) is 0 Å². The van der Waals surface area contributed by atoms with Gasteiger partial charge in [0.1, 0.15) is 0 Å². The quantitative estimate of drug-likeness (QED) is 0.818. The van der Waals surface area contributed by atoms with E-state index in [9.17, 15) is 4.79 Å². The highest BCUT2D eigenvalue weighted by Crippen LogP contribution is 2.25. The zero-order chi connectivity index (χ0) is 13.0. The minimum Gasteiger partial charge on any atom is -0.341 e. The lowest BCUT2D eigenvalue weighted by molar-refractivity contribution is -0.135. The van der Waals surface area contributed by atoms with Crippen LogP contribution in [0.1, 0.15) is 52.4 Å². The number of rotatable bonds is 2. The molecule has 3 heteroatoms. The van der Waals surface area contributed by atoms with Gasteiger partial charge >= 0.3 is 0 Å². The van der Waals surface area contributed by atoms with E-state index in [1.807, 2.05) is 0 Å². The van der Waals surface area contributed by atoms with Crippen LogP contribution in [-0.2, 0) is 4.79 Å². The molecule has 2 heterocycles. The summed E-state index contributed by atoms with van der Waals surface area (Å²) in [6.07, 6.45) is 7.10. The maximum absolute atomic E-state index is 12.4. The van der Waals surface area contributed by atoms with E-state index < -0.39 is 0 Å². The largest absolute Gasteiger partial charge is 0.341 e. The fourth-order valence-corrected chi connectivity index (χ4v) is 3.25. The van der Waals surface area contributed by atoms with Gasteiger partial charge in [0.25, 0.3) is 0 Å². The Morgan fingerprint density at radius 2 is 1.83 bits per heavy atom. The highest BCUT2D eigenvalue weighted by Gasteiger charge is 2.29. The SMILES string of the molecule is CC(C)C1CCN(C(=O)C2CCCCCN2)CC1. The first kappa shape index (κ1) is 13.9. The van der Waals surface area contributed by atoms with Gasteiger partial charge in [-0.05, 0) is 44.1 Å². The number of amides is 1. The molecule has 2 aliphatic heterocycles. The van der Waals surface area contributed by atoms with Gasteiger partial charge in [-0.3, -0.25) is 4.79 Å².